The Kier molecular flexibility index (Phi) is 6.86. The van der Waals surface area contributed by atoms with Crippen LogP contribution in [0.5, 0.6) is 0 Å². The van der Waals surface area contributed by atoms with E-state index in [1.165, 1.54) is 120 Å². The quantitative estimate of drug-likeness (QED) is 0.155. The standard InChI is InChI=1S/C60H36N2/c1-5-19-43-39(15-1)40-16-2-8-22-46(40)54-35-52-44-20-6-3-17-41(44)42-18-4-7-21-45(42)53(52)36-55(54)47-31-29-37(33-51(43)47)62-59-28-14-11-25-50(59)56-34-38(30-32-60(56)62)61-57-26-12-9-23-48(57)49-24-10-13-27-58(49)61/h1-36H. The van der Waals surface area contributed by atoms with Crippen LogP contribution in [0.1, 0.15) is 0 Å². The van der Waals surface area contributed by atoms with Crippen molar-refractivity contribution in [1.82, 2.24) is 9.13 Å². The Morgan fingerprint density at radius 3 is 0.968 bits per heavy atom. The van der Waals surface area contributed by atoms with E-state index >= 15 is 0 Å². The molecule has 2 aromatic heterocycles. The van der Waals surface area contributed by atoms with E-state index in [4.69, 9.17) is 0 Å². The van der Waals surface area contributed by atoms with Gasteiger partial charge in [0.15, 0.2) is 0 Å². The number of benzene rings is 11. The molecule has 13 aromatic rings. The van der Waals surface area contributed by atoms with Gasteiger partial charge in [-0.1, -0.05) is 158 Å². The van der Waals surface area contributed by atoms with Crippen molar-refractivity contribution in [2.24, 2.45) is 0 Å². The lowest BCUT2D eigenvalue weighted by atomic mass is 9.79. The second-order valence-corrected chi connectivity index (χ2v) is 16.8. The number of para-hydroxylation sites is 3. The van der Waals surface area contributed by atoms with E-state index in [1.807, 2.05) is 0 Å². The first-order valence-electron chi connectivity index (χ1n) is 21.5. The van der Waals surface area contributed by atoms with Gasteiger partial charge in [-0.3, -0.25) is 0 Å². The third kappa shape index (κ3) is 4.58. The van der Waals surface area contributed by atoms with Gasteiger partial charge in [0.25, 0.3) is 0 Å². The van der Waals surface area contributed by atoms with Crippen LogP contribution in [0, 0.1) is 0 Å². The molecule has 286 valence electrons. The molecule has 0 bridgehead atoms. The fraction of sp³-hybridized carbons (Fsp3) is 0. The summed E-state index contributed by atoms with van der Waals surface area (Å²) in [6.07, 6.45) is 0. The van der Waals surface area contributed by atoms with E-state index in [0.717, 1.165) is 11.4 Å². The van der Waals surface area contributed by atoms with Crippen molar-refractivity contribution in [3.05, 3.63) is 218 Å². The van der Waals surface area contributed by atoms with Crippen LogP contribution in [0.15, 0.2) is 218 Å². The van der Waals surface area contributed by atoms with Crippen molar-refractivity contribution >= 4 is 75.9 Å². The number of rotatable bonds is 2. The first kappa shape index (κ1) is 33.6. The van der Waals surface area contributed by atoms with E-state index in [-0.39, 0.29) is 0 Å². The van der Waals surface area contributed by atoms with E-state index in [9.17, 15) is 0 Å². The maximum Gasteiger partial charge on any atom is 0.0542 e. The predicted octanol–water partition coefficient (Wildman–Crippen LogP) is 16.3. The van der Waals surface area contributed by atoms with Crippen LogP contribution in [0.4, 0.5) is 0 Å². The van der Waals surface area contributed by atoms with Gasteiger partial charge in [0.1, 0.15) is 0 Å². The molecule has 0 fully saturated rings. The highest BCUT2D eigenvalue weighted by Crippen LogP contribution is 2.51. The van der Waals surface area contributed by atoms with E-state index in [0.29, 0.717) is 0 Å². The lowest BCUT2D eigenvalue weighted by Crippen LogP contribution is -2.00. The molecule has 0 amide bonds. The van der Waals surface area contributed by atoms with E-state index in [2.05, 4.69) is 228 Å². The van der Waals surface area contributed by atoms with Crippen molar-refractivity contribution in [3.63, 3.8) is 0 Å². The Morgan fingerprint density at radius 1 is 0.177 bits per heavy atom. The summed E-state index contributed by atoms with van der Waals surface area (Å²) in [5.74, 6) is 0. The van der Waals surface area contributed by atoms with Crippen LogP contribution in [0.2, 0.25) is 0 Å². The fourth-order valence-electron chi connectivity index (χ4n) is 11.0. The Balaban J connectivity index is 1.05. The Bertz CT molecular complexity index is 3990. The summed E-state index contributed by atoms with van der Waals surface area (Å²) < 4.78 is 4.89. The summed E-state index contributed by atoms with van der Waals surface area (Å²) in [6, 6.07) is 81.3. The van der Waals surface area contributed by atoms with Crippen LogP contribution in [-0.2, 0) is 0 Å². The van der Waals surface area contributed by atoms with Gasteiger partial charge in [0.05, 0.1) is 22.1 Å². The van der Waals surface area contributed by atoms with Crippen molar-refractivity contribution in [1.29, 1.82) is 0 Å². The van der Waals surface area contributed by atoms with Crippen molar-refractivity contribution in [2.75, 3.05) is 0 Å². The largest absolute Gasteiger partial charge is 0.309 e. The first-order chi connectivity index (χ1) is 30.8. The highest BCUT2D eigenvalue weighted by Gasteiger charge is 2.25. The monoisotopic (exact) mass is 784 g/mol. The maximum atomic E-state index is 2.49. The SMILES string of the molecule is c1ccc2c(c1)-c1ccccc1-c1cc3c4ccccc4c4ccccc4c3cc1-c1ccc(-n3c4ccccc4c4cc(-n5c6ccccc6c6ccccc65)ccc43)cc1-2. The molecule has 0 radical (unpaired) electrons. The normalized spacial score (nSPS) is 12.2. The first-order valence-corrected chi connectivity index (χ1v) is 21.5. The Morgan fingerprint density at radius 2 is 0.484 bits per heavy atom. The average molecular weight is 785 g/mol. The van der Waals surface area contributed by atoms with Gasteiger partial charge in [0, 0.05) is 32.9 Å². The molecule has 62 heavy (non-hydrogen) atoms. The molecule has 0 aliphatic heterocycles. The molecule has 11 aromatic carbocycles. The van der Waals surface area contributed by atoms with Gasteiger partial charge in [-0.25, -0.2) is 0 Å². The second-order valence-electron chi connectivity index (χ2n) is 16.8. The summed E-state index contributed by atoms with van der Waals surface area (Å²) in [5, 5.41) is 12.7. The molecule has 2 heterocycles. The molecule has 0 unspecified atom stereocenters. The van der Waals surface area contributed by atoms with Crippen LogP contribution >= 0.6 is 0 Å². The molecular weight excluding hydrogens is 749 g/mol. The molecule has 14 rings (SSSR count). The minimum absolute atomic E-state index is 1.14. The van der Waals surface area contributed by atoms with Crippen LogP contribution in [0.3, 0.4) is 0 Å². The molecule has 2 heteroatoms. The minimum atomic E-state index is 1.14. The van der Waals surface area contributed by atoms with Gasteiger partial charge >= 0.3 is 0 Å². The zero-order chi connectivity index (χ0) is 40.5. The van der Waals surface area contributed by atoms with Gasteiger partial charge in [-0.05, 0) is 137 Å². The minimum Gasteiger partial charge on any atom is -0.309 e. The predicted molar refractivity (Wildman–Crippen MR) is 263 cm³/mol. The van der Waals surface area contributed by atoms with Gasteiger partial charge in [-0.15, -0.1) is 0 Å². The van der Waals surface area contributed by atoms with Crippen LogP contribution < -0.4 is 0 Å². The third-order valence-electron chi connectivity index (χ3n) is 13.7. The number of hydrogen-bond acceptors (Lipinski definition) is 0. The highest BCUT2D eigenvalue weighted by molar-refractivity contribution is 6.27. The molecule has 0 atom stereocenters. The van der Waals surface area contributed by atoms with Gasteiger partial charge in [-0.2, -0.15) is 0 Å². The summed E-state index contributed by atoms with van der Waals surface area (Å²) in [6.45, 7) is 0. The summed E-state index contributed by atoms with van der Waals surface area (Å²) in [5.41, 5.74) is 17.1. The van der Waals surface area contributed by atoms with Crippen molar-refractivity contribution in [3.8, 4) is 55.9 Å². The lowest BCUT2D eigenvalue weighted by Gasteiger charge is -2.25. The third-order valence-corrected chi connectivity index (χ3v) is 13.7. The number of nitrogens with zero attached hydrogens (tertiary/aromatic N) is 2. The molecule has 2 nitrogen and oxygen atoms in total. The maximum absolute atomic E-state index is 2.49. The Labute approximate surface area is 357 Å². The molecule has 0 N–H and O–H groups in total. The fourth-order valence-corrected chi connectivity index (χ4v) is 11.0. The van der Waals surface area contributed by atoms with Crippen molar-refractivity contribution < 1.29 is 0 Å². The van der Waals surface area contributed by atoms with Gasteiger partial charge < -0.3 is 9.13 Å². The van der Waals surface area contributed by atoms with E-state index < -0.39 is 0 Å². The zero-order valence-electron chi connectivity index (χ0n) is 33.7. The smallest absolute Gasteiger partial charge is 0.0542 e. The van der Waals surface area contributed by atoms with E-state index in [1.54, 1.807) is 0 Å². The highest BCUT2D eigenvalue weighted by atomic mass is 15.0. The summed E-state index contributed by atoms with van der Waals surface area (Å²) in [4.78, 5) is 0. The van der Waals surface area contributed by atoms with Gasteiger partial charge in [0.2, 0.25) is 0 Å². The molecular formula is C60H36N2. The average Bonchev–Trinajstić information content (AvgIpc) is 3.86. The van der Waals surface area contributed by atoms with Crippen LogP contribution in [0.25, 0.3) is 132 Å². The topological polar surface area (TPSA) is 9.86 Å². The summed E-state index contributed by atoms with van der Waals surface area (Å²) in [7, 11) is 0. The summed E-state index contributed by atoms with van der Waals surface area (Å²) >= 11 is 0. The molecule has 0 spiro atoms. The zero-order valence-corrected chi connectivity index (χ0v) is 33.7. The number of hydrogen-bond donors (Lipinski definition) is 0. The van der Waals surface area contributed by atoms with Crippen molar-refractivity contribution in [2.45, 2.75) is 0 Å². The number of fused-ring (bicyclic) bond motifs is 20. The number of aromatic nitrogens is 2. The molecule has 0 saturated carbocycles. The van der Waals surface area contributed by atoms with Crippen LogP contribution in [-0.4, -0.2) is 9.13 Å². The Hall–Kier alpha value is -8.20. The lowest BCUT2D eigenvalue weighted by molar-refractivity contribution is 1.17. The molecule has 1 aliphatic rings. The molecule has 0 saturated heterocycles. The molecule has 1 aliphatic carbocycles. The second kappa shape index (κ2) is 12.7.